The molecule has 0 unspecified atom stereocenters. The molecule has 0 aliphatic rings. The standard InChI is InChI=1S/C8H20NO5P.2Na/c10-6-4-9(5-7-11)3-1-2-8-15(12,13)14;;/h10-11H,1-8H2,(H2,12,13,14);;/q;2*+1/p-2. The fraction of sp³-hybridized carbons (Fsp3) is 1.00. The van der Waals surface area contributed by atoms with Gasteiger partial charge in [0.1, 0.15) is 0 Å². The average Bonchev–Trinajstić information content (AvgIpc) is 2.11. The molecule has 2 N–H and O–H groups in total. The first-order valence-corrected chi connectivity index (χ1v) is 6.67. The number of rotatable bonds is 9. The van der Waals surface area contributed by atoms with E-state index < -0.39 is 7.60 Å². The molecule has 0 aromatic carbocycles. The Kier molecular flexibility index (Phi) is 20.4. The molecule has 0 atom stereocenters. The van der Waals surface area contributed by atoms with E-state index >= 15 is 0 Å². The molecular formula is C8H18NNa2O5P. The number of hydrogen-bond donors (Lipinski definition) is 2. The van der Waals surface area contributed by atoms with Gasteiger partial charge in [-0.05, 0) is 25.5 Å². The van der Waals surface area contributed by atoms with Crippen molar-refractivity contribution in [2.75, 3.05) is 39.0 Å². The molecule has 0 aliphatic heterocycles. The van der Waals surface area contributed by atoms with Crippen molar-refractivity contribution < 1.29 is 83.7 Å². The maximum Gasteiger partial charge on any atom is 1.00 e. The van der Waals surface area contributed by atoms with Gasteiger partial charge in [0.25, 0.3) is 0 Å². The first-order chi connectivity index (χ1) is 6.99. The predicted octanol–water partition coefficient (Wildman–Crippen LogP) is -8.03. The van der Waals surface area contributed by atoms with E-state index in [1.807, 2.05) is 4.90 Å². The van der Waals surface area contributed by atoms with Gasteiger partial charge in [-0.1, -0.05) is 7.60 Å². The van der Waals surface area contributed by atoms with Gasteiger partial charge in [-0.3, -0.25) is 4.90 Å². The van der Waals surface area contributed by atoms with E-state index in [9.17, 15) is 14.4 Å². The second-order valence-electron chi connectivity index (χ2n) is 3.33. The van der Waals surface area contributed by atoms with Gasteiger partial charge in [-0.15, -0.1) is 0 Å². The van der Waals surface area contributed by atoms with Gasteiger partial charge in [-0.2, -0.15) is 0 Å². The molecule has 9 heteroatoms. The van der Waals surface area contributed by atoms with E-state index in [2.05, 4.69) is 0 Å². The Hall–Kier alpha value is 2.03. The van der Waals surface area contributed by atoms with Crippen LogP contribution in [0.1, 0.15) is 12.8 Å². The molecule has 0 heterocycles. The van der Waals surface area contributed by atoms with E-state index in [1.165, 1.54) is 0 Å². The van der Waals surface area contributed by atoms with Crippen LogP contribution in [0.2, 0.25) is 0 Å². The first-order valence-electron chi connectivity index (χ1n) is 4.95. The minimum atomic E-state index is -4.37. The molecule has 0 amide bonds. The van der Waals surface area contributed by atoms with Crippen LogP contribution in [-0.2, 0) is 4.57 Å². The molecule has 0 aromatic rings. The molecule has 0 bridgehead atoms. The number of hydrogen-bond acceptors (Lipinski definition) is 6. The zero-order chi connectivity index (χ0) is 11.7. The van der Waals surface area contributed by atoms with Crippen molar-refractivity contribution in [1.29, 1.82) is 0 Å². The minimum absolute atomic E-state index is 0. The van der Waals surface area contributed by atoms with Gasteiger partial charge in [0.2, 0.25) is 0 Å². The van der Waals surface area contributed by atoms with Crippen molar-refractivity contribution in [2.24, 2.45) is 0 Å². The Morgan fingerprint density at radius 3 is 1.76 bits per heavy atom. The molecular weight excluding hydrogens is 267 g/mol. The monoisotopic (exact) mass is 285 g/mol. The van der Waals surface area contributed by atoms with Crippen LogP contribution in [0.3, 0.4) is 0 Å². The maximum atomic E-state index is 10.3. The van der Waals surface area contributed by atoms with Crippen molar-refractivity contribution in [3.8, 4) is 0 Å². The predicted molar refractivity (Wildman–Crippen MR) is 52.3 cm³/mol. The van der Waals surface area contributed by atoms with Gasteiger partial charge >= 0.3 is 59.1 Å². The topological polar surface area (TPSA) is 107 Å². The number of nitrogens with zero attached hydrogens (tertiary/aromatic N) is 1. The van der Waals surface area contributed by atoms with Gasteiger partial charge in [0, 0.05) is 13.1 Å². The van der Waals surface area contributed by atoms with E-state index in [-0.39, 0.29) is 78.5 Å². The van der Waals surface area contributed by atoms with Crippen LogP contribution in [0.5, 0.6) is 0 Å². The number of aliphatic hydroxyl groups excluding tert-OH is 2. The van der Waals surface area contributed by atoms with Gasteiger partial charge in [0.05, 0.1) is 13.2 Å². The first kappa shape index (κ1) is 24.1. The summed E-state index contributed by atoms with van der Waals surface area (Å²) in [6, 6.07) is 0. The van der Waals surface area contributed by atoms with Gasteiger partial charge in [0.15, 0.2) is 0 Å². The Labute approximate surface area is 147 Å². The van der Waals surface area contributed by atoms with Crippen LogP contribution >= 0.6 is 7.60 Å². The summed E-state index contributed by atoms with van der Waals surface area (Å²) in [4.78, 5) is 22.4. The van der Waals surface area contributed by atoms with Crippen LogP contribution in [-0.4, -0.2) is 54.1 Å². The third kappa shape index (κ3) is 18.0. The Bertz CT molecular complexity index is 198. The van der Waals surface area contributed by atoms with Crippen LogP contribution < -0.4 is 68.9 Å². The van der Waals surface area contributed by atoms with E-state index in [1.54, 1.807) is 0 Å². The maximum absolute atomic E-state index is 10.3. The fourth-order valence-electron chi connectivity index (χ4n) is 1.26. The molecule has 0 radical (unpaired) electrons. The zero-order valence-electron chi connectivity index (χ0n) is 10.7. The van der Waals surface area contributed by atoms with Gasteiger partial charge in [-0.25, -0.2) is 0 Å². The molecule has 0 rings (SSSR count). The SMILES string of the molecule is O=P([O-])([O-])CCCCN(CCO)CCO.[Na+].[Na+]. The molecule has 0 fully saturated rings. The third-order valence-electron chi connectivity index (χ3n) is 1.99. The molecule has 0 spiro atoms. The summed E-state index contributed by atoms with van der Waals surface area (Å²) >= 11 is 0. The summed E-state index contributed by atoms with van der Waals surface area (Å²) in [5, 5.41) is 17.4. The Morgan fingerprint density at radius 2 is 1.41 bits per heavy atom. The van der Waals surface area contributed by atoms with Crippen LogP contribution in [0.15, 0.2) is 0 Å². The smallest absolute Gasteiger partial charge is 0.811 e. The summed E-state index contributed by atoms with van der Waals surface area (Å²) in [5.41, 5.74) is 0. The molecule has 92 valence electrons. The van der Waals surface area contributed by atoms with Crippen molar-refractivity contribution >= 4 is 7.60 Å². The summed E-state index contributed by atoms with van der Waals surface area (Å²) in [6.45, 7) is 1.49. The third-order valence-corrected chi connectivity index (χ3v) is 2.85. The van der Waals surface area contributed by atoms with E-state index in [0.29, 0.717) is 32.5 Å². The summed E-state index contributed by atoms with van der Waals surface area (Å²) in [5.74, 6) is 0. The van der Waals surface area contributed by atoms with Crippen LogP contribution in [0.25, 0.3) is 0 Å². The molecule has 0 saturated heterocycles. The Balaban J connectivity index is -0.000000980. The normalized spacial score (nSPS) is 10.9. The van der Waals surface area contributed by atoms with Crippen molar-refractivity contribution in [2.45, 2.75) is 12.8 Å². The number of unbranched alkanes of at least 4 members (excludes halogenated alkanes) is 1. The molecule has 6 nitrogen and oxygen atoms in total. The molecule has 0 aliphatic carbocycles. The van der Waals surface area contributed by atoms with Crippen LogP contribution in [0, 0.1) is 0 Å². The zero-order valence-corrected chi connectivity index (χ0v) is 15.6. The average molecular weight is 285 g/mol. The summed E-state index contributed by atoms with van der Waals surface area (Å²) in [7, 11) is -4.37. The van der Waals surface area contributed by atoms with Crippen molar-refractivity contribution in [1.82, 2.24) is 4.90 Å². The second-order valence-corrected chi connectivity index (χ2v) is 5.00. The van der Waals surface area contributed by atoms with E-state index in [0.717, 1.165) is 0 Å². The van der Waals surface area contributed by atoms with Gasteiger partial charge < -0.3 is 24.6 Å². The number of aliphatic hydroxyl groups is 2. The van der Waals surface area contributed by atoms with Crippen LogP contribution in [0.4, 0.5) is 0 Å². The van der Waals surface area contributed by atoms with E-state index in [4.69, 9.17) is 10.2 Å². The minimum Gasteiger partial charge on any atom is -0.811 e. The Morgan fingerprint density at radius 1 is 0.941 bits per heavy atom. The quantitative estimate of drug-likeness (QED) is 0.247. The molecule has 0 saturated carbocycles. The summed E-state index contributed by atoms with van der Waals surface area (Å²) in [6.07, 6.45) is 0.588. The van der Waals surface area contributed by atoms with Crippen molar-refractivity contribution in [3.05, 3.63) is 0 Å². The molecule has 17 heavy (non-hydrogen) atoms. The second kappa shape index (κ2) is 14.4. The molecule has 0 aromatic heterocycles. The summed E-state index contributed by atoms with van der Waals surface area (Å²) < 4.78 is 10.3. The fourth-order valence-corrected chi connectivity index (χ4v) is 1.87. The largest absolute Gasteiger partial charge is 1.00 e. The van der Waals surface area contributed by atoms with Crippen molar-refractivity contribution in [3.63, 3.8) is 0 Å².